The number of amides is 1. The lowest BCUT2D eigenvalue weighted by Gasteiger charge is -2.42. The first-order valence-corrected chi connectivity index (χ1v) is 12.6. The summed E-state index contributed by atoms with van der Waals surface area (Å²) >= 11 is 11.5. The van der Waals surface area contributed by atoms with Crippen LogP contribution in [-0.4, -0.2) is 78.2 Å². The third kappa shape index (κ3) is 6.90. The first kappa shape index (κ1) is 24.9. The van der Waals surface area contributed by atoms with Crippen molar-refractivity contribution in [3.8, 4) is 0 Å². The number of rotatable bonds is 6. The van der Waals surface area contributed by atoms with Gasteiger partial charge in [0.15, 0.2) is 5.11 Å². The first-order chi connectivity index (χ1) is 16.5. The van der Waals surface area contributed by atoms with Crippen LogP contribution in [0.15, 0.2) is 54.6 Å². The molecule has 0 spiro atoms. The summed E-state index contributed by atoms with van der Waals surface area (Å²) in [6, 6.07) is 17.0. The SMILES string of the molecule is CN1CCC(N2CCN(NC(=O)[C@@H](NC(=S)Nc3ccc(Cl)cc3)c3ccccc3)CC2)CC1. The number of thiocarbonyl (C=S) groups is 1. The average Bonchev–Trinajstić information content (AvgIpc) is 2.85. The second kappa shape index (κ2) is 12.0. The Labute approximate surface area is 212 Å². The van der Waals surface area contributed by atoms with Crippen LogP contribution in [0.3, 0.4) is 0 Å². The van der Waals surface area contributed by atoms with Gasteiger partial charge < -0.3 is 15.5 Å². The number of carbonyl (C=O) groups is 1. The largest absolute Gasteiger partial charge is 0.347 e. The Hall–Kier alpha value is -2.23. The van der Waals surface area contributed by atoms with E-state index in [1.165, 1.54) is 12.8 Å². The number of benzene rings is 2. The van der Waals surface area contributed by atoms with Crippen molar-refractivity contribution < 1.29 is 4.79 Å². The Kier molecular flexibility index (Phi) is 8.74. The molecule has 0 unspecified atom stereocenters. The van der Waals surface area contributed by atoms with E-state index in [4.69, 9.17) is 23.8 Å². The van der Waals surface area contributed by atoms with Crippen LogP contribution >= 0.6 is 23.8 Å². The van der Waals surface area contributed by atoms with Crippen LogP contribution < -0.4 is 16.1 Å². The number of piperazine rings is 1. The molecule has 2 saturated heterocycles. The molecule has 1 amide bonds. The lowest BCUT2D eigenvalue weighted by atomic mass is 10.0. The predicted molar refractivity (Wildman–Crippen MR) is 142 cm³/mol. The summed E-state index contributed by atoms with van der Waals surface area (Å²) in [5.74, 6) is -0.126. The summed E-state index contributed by atoms with van der Waals surface area (Å²) < 4.78 is 0. The third-order valence-electron chi connectivity index (χ3n) is 6.56. The molecule has 0 radical (unpaired) electrons. The van der Waals surface area contributed by atoms with Gasteiger partial charge in [-0.25, -0.2) is 5.01 Å². The fourth-order valence-corrected chi connectivity index (χ4v) is 4.92. The maximum Gasteiger partial charge on any atom is 0.261 e. The monoisotopic (exact) mass is 500 g/mol. The third-order valence-corrected chi connectivity index (χ3v) is 7.03. The number of nitrogens with zero attached hydrogens (tertiary/aromatic N) is 3. The lowest BCUT2D eigenvalue weighted by molar-refractivity contribution is -0.129. The van der Waals surface area contributed by atoms with Gasteiger partial charge in [0.25, 0.3) is 5.91 Å². The fourth-order valence-electron chi connectivity index (χ4n) is 4.56. The molecule has 34 heavy (non-hydrogen) atoms. The van der Waals surface area contributed by atoms with Crippen molar-refractivity contribution in [2.45, 2.75) is 24.9 Å². The Morgan fingerprint density at radius 1 is 0.971 bits per heavy atom. The number of hydrazine groups is 1. The molecule has 2 aliphatic heterocycles. The van der Waals surface area contributed by atoms with Crippen LogP contribution in [0, 0.1) is 0 Å². The molecule has 0 saturated carbocycles. The molecule has 9 heteroatoms. The van der Waals surface area contributed by atoms with Gasteiger partial charge in [-0.1, -0.05) is 41.9 Å². The van der Waals surface area contributed by atoms with Gasteiger partial charge in [-0.3, -0.25) is 15.1 Å². The van der Waals surface area contributed by atoms with E-state index in [9.17, 15) is 4.79 Å². The molecule has 3 N–H and O–H groups in total. The molecular formula is C25H33ClN6OS. The van der Waals surface area contributed by atoms with Gasteiger partial charge in [-0.15, -0.1) is 0 Å². The molecule has 0 aliphatic carbocycles. The minimum absolute atomic E-state index is 0.126. The Balaban J connectivity index is 1.33. The van der Waals surface area contributed by atoms with Crippen molar-refractivity contribution in [1.29, 1.82) is 0 Å². The standard InChI is InChI=1S/C25H33ClN6OS/c1-30-13-11-22(12-14-30)31-15-17-32(18-16-31)29-24(33)23(19-5-3-2-4-6-19)28-25(34)27-21-9-7-20(26)8-10-21/h2-10,22-23H,11-18H2,1H3,(H,29,33)(H2,27,28,34)/t23-/m0/s1. The van der Waals surface area contributed by atoms with Crippen molar-refractivity contribution in [3.05, 3.63) is 65.2 Å². The number of halogens is 1. The Bertz CT molecular complexity index is 944. The second-order valence-electron chi connectivity index (χ2n) is 8.98. The summed E-state index contributed by atoms with van der Waals surface area (Å²) in [6.07, 6.45) is 2.45. The molecule has 7 nitrogen and oxygen atoms in total. The highest BCUT2D eigenvalue weighted by molar-refractivity contribution is 7.80. The Morgan fingerprint density at radius 3 is 2.26 bits per heavy atom. The van der Waals surface area contributed by atoms with E-state index in [0.29, 0.717) is 16.2 Å². The highest BCUT2D eigenvalue weighted by atomic mass is 35.5. The van der Waals surface area contributed by atoms with Gasteiger partial charge >= 0.3 is 0 Å². The fraction of sp³-hybridized carbons (Fsp3) is 0.440. The van der Waals surface area contributed by atoms with E-state index >= 15 is 0 Å². The molecule has 2 aliphatic rings. The number of hydrogen-bond donors (Lipinski definition) is 3. The number of nitrogens with one attached hydrogen (secondary N) is 3. The lowest BCUT2D eigenvalue weighted by Crippen LogP contribution is -2.58. The van der Waals surface area contributed by atoms with E-state index in [2.05, 4.69) is 32.9 Å². The van der Waals surface area contributed by atoms with E-state index in [-0.39, 0.29) is 5.91 Å². The second-order valence-corrected chi connectivity index (χ2v) is 9.83. The highest BCUT2D eigenvalue weighted by Gasteiger charge is 2.29. The maximum atomic E-state index is 13.3. The Morgan fingerprint density at radius 2 is 1.62 bits per heavy atom. The van der Waals surface area contributed by atoms with Crippen molar-refractivity contribution in [2.24, 2.45) is 0 Å². The normalized spacial score (nSPS) is 19.4. The number of hydrogen-bond acceptors (Lipinski definition) is 5. The molecule has 0 aromatic heterocycles. The molecule has 1 atom stereocenters. The zero-order chi connectivity index (χ0) is 23.9. The predicted octanol–water partition coefficient (Wildman–Crippen LogP) is 3.11. The molecule has 2 aromatic rings. The highest BCUT2D eigenvalue weighted by Crippen LogP contribution is 2.18. The maximum absolute atomic E-state index is 13.3. The molecule has 4 rings (SSSR count). The molecule has 2 fully saturated rings. The summed E-state index contributed by atoms with van der Waals surface area (Å²) in [4.78, 5) is 18.3. The van der Waals surface area contributed by atoms with Crippen molar-refractivity contribution in [1.82, 2.24) is 25.6 Å². The summed E-state index contributed by atoms with van der Waals surface area (Å²) in [7, 11) is 2.19. The van der Waals surface area contributed by atoms with Gasteiger partial charge in [0.05, 0.1) is 0 Å². The van der Waals surface area contributed by atoms with Crippen LogP contribution in [0.4, 0.5) is 5.69 Å². The van der Waals surface area contributed by atoms with Gasteiger partial charge in [0.2, 0.25) is 0 Å². The molecule has 182 valence electrons. The number of anilines is 1. The topological polar surface area (TPSA) is 62.9 Å². The van der Waals surface area contributed by atoms with E-state index in [0.717, 1.165) is 50.5 Å². The summed E-state index contributed by atoms with van der Waals surface area (Å²) in [6.45, 7) is 5.88. The number of piperidine rings is 1. The van der Waals surface area contributed by atoms with Crippen LogP contribution in [0.25, 0.3) is 0 Å². The van der Waals surface area contributed by atoms with Crippen molar-refractivity contribution >= 4 is 40.5 Å². The van der Waals surface area contributed by atoms with Crippen LogP contribution in [0.2, 0.25) is 5.02 Å². The van der Waals surface area contributed by atoms with E-state index in [1.807, 2.05) is 47.5 Å². The van der Waals surface area contributed by atoms with Crippen LogP contribution in [-0.2, 0) is 4.79 Å². The quantitative estimate of drug-likeness (QED) is 0.527. The van der Waals surface area contributed by atoms with Crippen molar-refractivity contribution in [2.75, 3.05) is 51.6 Å². The zero-order valence-corrected chi connectivity index (χ0v) is 21.1. The minimum Gasteiger partial charge on any atom is -0.347 e. The summed E-state index contributed by atoms with van der Waals surface area (Å²) in [5.41, 5.74) is 4.77. The molecular weight excluding hydrogens is 468 g/mol. The van der Waals surface area contributed by atoms with Crippen LogP contribution in [0.1, 0.15) is 24.4 Å². The van der Waals surface area contributed by atoms with Gasteiger partial charge in [0, 0.05) is 42.9 Å². The van der Waals surface area contributed by atoms with Crippen molar-refractivity contribution in [3.63, 3.8) is 0 Å². The van der Waals surface area contributed by atoms with E-state index in [1.54, 1.807) is 12.1 Å². The first-order valence-electron chi connectivity index (χ1n) is 11.8. The van der Waals surface area contributed by atoms with Gasteiger partial charge in [-0.05, 0) is 75.0 Å². The van der Waals surface area contributed by atoms with Gasteiger partial charge in [-0.2, -0.15) is 0 Å². The number of carbonyl (C=O) groups excluding carboxylic acids is 1. The smallest absolute Gasteiger partial charge is 0.261 e. The number of likely N-dealkylation sites (tertiary alicyclic amines) is 1. The average molecular weight is 501 g/mol. The molecule has 0 bridgehead atoms. The molecule has 2 aromatic carbocycles. The summed E-state index contributed by atoms with van der Waals surface area (Å²) in [5, 5.41) is 9.37. The van der Waals surface area contributed by atoms with Crippen LogP contribution in [0.5, 0.6) is 0 Å². The minimum atomic E-state index is -0.611. The van der Waals surface area contributed by atoms with Gasteiger partial charge in [0.1, 0.15) is 6.04 Å². The van der Waals surface area contributed by atoms with E-state index < -0.39 is 6.04 Å². The molecule has 2 heterocycles. The zero-order valence-electron chi connectivity index (χ0n) is 19.5.